The third kappa shape index (κ3) is 2.29. The topological polar surface area (TPSA) is 41.3 Å². The lowest BCUT2D eigenvalue weighted by Gasteiger charge is -2.25. The van der Waals surface area contributed by atoms with Crippen molar-refractivity contribution in [3.05, 3.63) is 17.5 Å². The molecule has 0 unspecified atom stereocenters. The summed E-state index contributed by atoms with van der Waals surface area (Å²) >= 11 is 0. The second-order valence-corrected chi connectivity index (χ2v) is 3.46. The molecule has 0 atom stereocenters. The van der Waals surface area contributed by atoms with E-state index in [-0.39, 0.29) is 0 Å². The molecular weight excluding hydrogens is 166 g/mol. The number of nitrogens with one attached hydrogen (secondary N) is 1. The zero-order chi connectivity index (χ0) is 9.10. The Bertz CT molecular complexity index is 266. The Morgan fingerprint density at radius 1 is 1.54 bits per heavy atom. The van der Waals surface area contributed by atoms with Crippen LogP contribution in [0.3, 0.4) is 0 Å². The van der Waals surface area contributed by atoms with Crippen LogP contribution in [0.2, 0.25) is 0 Å². The number of aromatic nitrogens is 1. The van der Waals surface area contributed by atoms with Crippen molar-refractivity contribution in [1.82, 2.24) is 15.4 Å². The van der Waals surface area contributed by atoms with E-state index in [1.165, 1.54) is 0 Å². The van der Waals surface area contributed by atoms with Crippen LogP contribution >= 0.6 is 0 Å². The molecule has 0 amide bonds. The van der Waals surface area contributed by atoms with Crippen molar-refractivity contribution in [3.8, 4) is 0 Å². The Balaban J connectivity index is 1.89. The van der Waals surface area contributed by atoms with Crippen LogP contribution in [0.5, 0.6) is 0 Å². The SMILES string of the molecule is Cc1cc(CN2CCNCC2)on1. The highest BCUT2D eigenvalue weighted by atomic mass is 16.5. The first kappa shape index (κ1) is 8.72. The Kier molecular flexibility index (Phi) is 2.61. The van der Waals surface area contributed by atoms with Crippen molar-refractivity contribution in [2.45, 2.75) is 13.5 Å². The van der Waals surface area contributed by atoms with Crippen LogP contribution in [0.4, 0.5) is 0 Å². The van der Waals surface area contributed by atoms with Crippen LogP contribution in [-0.4, -0.2) is 36.2 Å². The van der Waals surface area contributed by atoms with Crippen molar-refractivity contribution in [3.63, 3.8) is 0 Å². The Labute approximate surface area is 77.9 Å². The maximum atomic E-state index is 5.15. The van der Waals surface area contributed by atoms with E-state index in [9.17, 15) is 0 Å². The number of piperazine rings is 1. The first-order valence-corrected chi connectivity index (χ1v) is 4.70. The van der Waals surface area contributed by atoms with E-state index in [0.717, 1.165) is 44.2 Å². The van der Waals surface area contributed by atoms with Crippen LogP contribution < -0.4 is 5.32 Å². The van der Waals surface area contributed by atoms with Gasteiger partial charge in [0.05, 0.1) is 12.2 Å². The molecule has 0 aliphatic carbocycles. The molecule has 2 rings (SSSR count). The van der Waals surface area contributed by atoms with E-state index < -0.39 is 0 Å². The average Bonchev–Trinajstić information content (AvgIpc) is 2.53. The Hall–Kier alpha value is -0.870. The van der Waals surface area contributed by atoms with Gasteiger partial charge in [-0.15, -0.1) is 0 Å². The molecule has 1 aliphatic heterocycles. The summed E-state index contributed by atoms with van der Waals surface area (Å²) in [7, 11) is 0. The third-order valence-corrected chi connectivity index (χ3v) is 2.27. The van der Waals surface area contributed by atoms with E-state index in [0.29, 0.717) is 0 Å². The highest BCUT2D eigenvalue weighted by Gasteiger charge is 2.11. The van der Waals surface area contributed by atoms with Gasteiger partial charge in [-0.3, -0.25) is 4.90 Å². The normalized spacial score (nSPS) is 19.2. The fraction of sp³-hybridized carbons (Fsp3) is 0.667. The largest absolute Gasteiger partial charge is 0.360 e. The molecule has 13 heavy (non-hydrogen) atoms. The van der Waals surface area contributed by atoms with Crippen molar-refractivity contribution in [2.24, 2.45) is 0 Å². The smallest absolute Gasteiger partial charge is 0.150 e. The minimum Gasteiger partial charge on any atom is -0.360 e. The standard InChI is InChI=1S/C9H15N3O/c1-8-6-9(13-11-8)7-12-4-2-10-3-5-12/h6,10H,2-5,7H2,1H3. The summed E-state index contributed by atoms with van der Waals surface area (Å²) in [5.74, 6) is 0.972. The second-order valence-electron chi connectivity index (χ2n) is 3.46. The summed E-state index contributed by atoms with van der Waals surface area (Å²) in [4.78, 5) is 2.37. The summed E-state index contributed by atoms with van der Waals surface area (Å²) in [5, 5.41) is 7.18. The highest BCUT2D eigenvalue weighted by molar-refractivity contribution is 5.02. The number of nitrogens with zero attached hydrogens (tertiary/aromatic N) is 2. The molecule has 0 bridgehead atoms. The van der Waals surface area contributed by atoms with Gasteiger partial charge in [-0.05, 0) is 6.92 Å². The molecule has 4 nitrogen and oxygen atoms in total. The maximum absolute atomic E-state index is 5.15. The zero-order valence-corrected chi connectivity index (χ0v) is 7.92. The summed E-state index contributed by atoms with van der Waals surface area (Å²) in [6.45, 7) is 7.19. The number of rotatable bonds is 2. The number of hydrogen-bond acceptors (Lipinski definition) is 4. The molecule has 4 heteroatoms. The molecule has 0 aromatic carbocycles. The van der Waals surface area contributed by atoms with Gasteiger partial charge in [-0.25, -0.2) is 0 Å². The molecule has 1 N–H and O–H groups in total. The molecule has 1 aromatic rings. The monoisotopic (exact) mass is 181 g/mol. The van der Waals surface area contributed by atoms with Crippen molar-refractivity contribution < 1.29 is 4.52 Å². The van der Waals surface area contributed by atoms with E-state index in [2.05, 4.69) is 15.4 Å². The molecule has 1 aromatic heterocycles. The quantitative estimate of drug-likeness (QED) is 0.716. The van der Waals surface area contributed by atoms with Gasteiger partial charge in [-0.2, -0.15) is 0 Å². The van der Waals surface area contributed by atoms with Crippen molar-refractivity contribution in [2.75, 3.05) is 26.2 Å². The van der Waals surface area contributed by atoms with Gasteiger partial charge in [0.15, 0.2) is 5.76 Å². The van der Waals surface area contributed by atoms with Gasteiger partial charge in [0, 0.05) is 32.2 Å². The molecule has 0 radical (unpaired) electrons. The predicted molar refractivity (Wildman–Crippen MR) is 49.4 cm³/mol. The van der Waals surface area contributed by atoms with Crippen LogP contribution in [0.15, 0.2) is 10.6 Å². The van der Waals surface area contributed by atoms with Crippen LogP contribution in [0, 0.1) is 6.92 Å². The fourth-order valence-corrected chi connectivity index (χ4v) is 1.58. The van der Waals surface area contributed by atoms with Crippen molar-refractivity contribution in [1.29, 1.82) is 0 Å². The Morgan fingerprint density at radius 3 is 2.92 bits per heavy atom. The van der Waals surface area contributed by atoms with E-state index in [1.54, 1.807) is 0 Å². The third-order valence-electron chi connectivity index (χ3n) is 2.27. The zero-order valence-electron chi connectivity index (χ0n) is 7.92. The van der Waals surface area contributed by atoms with Gasteiger partial charge in [-0.1, -0.05) is 5.16 Å². The molecule has 2 heterocycles. The lowest BCUT2D eigenvalue weighted by atomic mass is 10.3. The molecule has 1 fully saturated rings. The minimum atomic E-state index is 0.891. The molecule has 0 saturated carbocycles. The summed E-state index contributed by atoms with van der Waals surface area (Å²) in [5.41, 5.74) is 0.963. The molecule has 72 valence electrons. The van der Waals surface area contributed by atoms with Crippen LogP contribution in [-0.2, 0) is 6.54 Å². The molecular formula is C9H15N3O. The fourth-order valence-electron chi connectivity index (χ4n) is 1.58. The van der Waals surface area contributed by atoms with Gasteiger partial charge >= 0.3 is 0 Å². The molecule has 1 saturated heterocycles. The molecule has 1 aliphatic rings. The van der Waals surface area contributed by atoms with Crippen molar-refractivity contribution >= 4 is 0 Å². The minimum absolute atomic E-state index is 0.891. The first-order chi connectivity index (χ1) is 6.34. The number of hydrogen-bond donors (Lipinski definition) is 1. The lowest BCUT2D eigenvalue weighted by Crippen LogP contribution is -2.42. The number of aryl methyl sites for hydroxylation is 1. The maximum Gasteiger partial charge on any atom is 0.150 e. The molecule has 0 spiro atoms. The van der Waals surface area contributed by atoms with E-state index in [4.69, 9.17) is 4.52 Å². The van der Waals surface area contributed by atoms with Crippen LogP contribution in [0.25, 0.3) is 0 Å². The van der Waals surface area contributed by atoms with Gasteiger partial charge in [0.25, 0.3) is 0 Å². The van der Waals surface area contributed by atoms with Crippen LogP contribution in [0.1, 0.15) is 11.5 Å². The van der Waals surface area contributed by atoms with E-state index >= 15 is 0 Å². The van der Waals surface area contributed by atoms with Gasteiger partial charge in [0.2, 0.25) is 0 Å². The lowest BCUT2D eigenvalue weighted by molar-refractivity contribution is 0.207. The average molecular weight is 181 g/mol. The van der Waals surface area contributed by atoms with Gasteiger partial charge in [0.1, 0.15) is 0 Å². The summed E-state index contributed by atoms with van der Waals surface area (Å²) in [6.07, 6.45) is 0. The van der Waals surface area contributed by atoms with Gasteiger partial charge < -0.3 is 9.84 Å². The predicted octanol–water partition coefficient (Wildman–Crippen LogP) is 0.388. The summed E-state index contributed by atoms with van der Waals surface area (Å²) in [6, 6.07) is 2.00. The summed E-state index contributed by atoms with van der Waals surface area (Å²) < 4.78 is 5.15. The highest BCUT2D eigenvalue weighted by Crippen LogP contribution is 2.06. The second kappa shape index (κ2) is 3.89. The Morgan fingerprint density at radius 2 is 2.31 bits per heavy atom. The van der Waals surface area contributed by atoms with E-state index in [1.807, 2.05) is 13.0 Å². The first-order valence-electron chi connectivity index (χ1n) is 4.70.